The van der Waals surface area contributed by atoms with Crippen molar-refractivity contribution in [3.63, 3.8) is 0 Å². The minimum absolute atomic E-state index is 0.0332. The average molecular weight is 304 g/mol. The summed E-state index contributed by atoms with van der Waals surface area (Å²) in [4.78, 5) is 14.3. The van der Waals surface area contributed by atoms with Crippen LogP contribution in [-0.4, -0.2) is 30.1 Å². The number of urea groups is 1. The Kier molecular flexibility index (Phi) is 6.10. The first-order valence-corrected chi connectivity index (χ1v) is 8.33. The van der Waals surface area contributed by atoms with Crippen molar-refractivity contribution in [3.05, 3.63) is 29.8 Å². The molecule has 1 N–H and O–H groups in total. The van der Waals surface area contributed by atoms with Crippen LogP contribution in [0.4, 0.5) is 4.79 Å². The van der Waals surface area contributed by atoms with E-state index in [0.29, 0.717) is 25.1 Å². The predicted octanol–water partition coefficient (Wildman–Crippen LogP) is 3.81. The number of ether oxygens (including phenoxy) is 1. The number of carbonyl (C=O) groups excluding carboxylic acids is 1. The lowest BCUT2D eigenvalue weighted by Crippen LogP contribution is -2.47. The SMILES string of the molecule is CC(C)COc1ccccc1CNC(=O)N1CCCCC1C. The molecule has 2 amide bonds. The second-order valence-electron chi connectivity index (χ2n) is 6.51. The van der Waals surface area contributed by atoms with E-state index in [1.54, 1.807) is 0 Å². The van der Waals surface area contributed by atoms with Crippen molar-refractivity contribution in [2.24, 2.45) is 5.92 Å². The standard InChI is InChI=1S/C18H28N2O2/c1-14(2)13-22-17-10-5-4-9-16(17)12-19-18(21)20-11-7-6-8-15(20)3/h4-5,9-10,14-15H,6-8,11-13H2,1-3H3,(H,19,21). The topological polar surface area (TPSA) is 41.6 Å². The maximum absolute atomic E-state index is 12.3. The summed E-state index contributed by atoms with van der Waals surface area (Å²) >= 11 is 0. The number of para-hydroxylation sites is 1. The molecule has 1 fully saturated rings. The largest absolute Gasteiger partial charge is 0.493 e. The summed E-state index contributed by atoms with van der Waals surface area (Å²) in [5.74, 6) is 1.35. The van der Waals surface area contributed by atoms with Crippen LogP contribution < -0.4 is 10.1 Å². The molecule has 1 aromatic rings. The lowest BCUT2D eigenvalue weighted by atomic mass is 10.0. The molecule has 0 aliphatic carbocycles. The molecule has 1 aliphatic rings. The number of amides is 2. The van der Waals surface area contributed by atoms with Crippen LogP contribution in [0.5, 0.6) is 5.75 Å². The molecule has 4 nitrogen and oxygen atoms in total. The van der Waals surface area contributed by atoms with E-state index in [2.05, 4.69) is 26.1 Å². The molecule has 22 heavy (non-hydrogen) atoms. The van der Waals surface area contributed by atoms with Gasteiger partial charge in [0.25, 0.3) is 0 Å². The molecule has 0 radical (unpaired) electrons. The van der Waals surface area contributed by atoms with Gasteiger partial charge in [0.15, 0.2) is 0 Å². The van der Waals surface area contributed by atoms with Gasteiger partial charge in [0, 0.05) is 24.7 Å². The first kappa shape index (κ1) is 16.7. The molecule has 1 aliphatic heterocycles. The van der Waals surface area contributed by atoms with Gasteiger partial charge in [-0.2, -0.15) is 0 Å². The molecule has 0 aromatic heterocycles. The van der Waals surface area contributed by atoms with E-state index in [4.69, 9.17) is 4.74 Å². The lowest BCUT2D eigenvalue weighted by molar-refractivity contribution is 0.157. The van der Waals surface area contributed by atoms with Gasteiger partial charge in [0.2, 0.25) is 0 Å². The predicted molar refractivity (Wildman–Crippen MR) is 89.0 cm³/mol. The van der Waals surface area contributed by atoms with Crippen molar-refractivity contribution < 1.29 is 9.53 Å². The molecule has 1 atom stereocenters. The molecule has 1 aromatic carbocycles. The van der Waals surface area contributed by atoms with Crippen LogP contribution in [0.15, 0.2) is 24.3 Å². The van der Waals surface area contributed by atoms with E-state index in [0.717, 1.165) is 30.7 Å². The van der Waals surface area contributed by atoms with Crippen LogP contribution in [0, 0.1) is 5.92 Å². The molecular formula is C18H28N2O2. The van der Waals surface area contributed by atoms with Crippen molar-refractivity contribution in [3.8, 4) is 5.75 Å². The van der Waals surface area contributed by atoms with Gasteiger partial charge in [-0.25, -0.2) is 4.79 Å². The van der Waals surface area contributed by atoms with E-state index in [9.17, 15) is 4.79 Å². The Bertz CT molecular complexity index is 488. The van der Waals surface area contributed by atoms with Gasteiger partial charge in [-0.1, -0.05) is 32.0 Å². The van der Waals surface area contributed by atoms with Crippen molar-refractivity contribution in [2.75, 3.05) is 13.2 Å². The zero-order valence-electron chi connectivity index (χ0n) is 14.0. The number of hydrogen-bond acceptors (Lipinski definition) is 2. The van der Waals surface area contributed by atoms with Crippen molar-refractivity contribution in [1.29, 1.82) is 0 Å². The fourth-order valence-electron chi connectivity index (χ4n) is 2.72. The summed E-state index contributed by atoms with van der Waals surface area (Å²) < 4.78 is 5.83. The van der Waals surface area contributed by atoms with Gasteiger partial charge < -0.3 is 15.0 Å². The molecule has 4 heteroatoms. The van der Waals surface area contributed by atoms with Gasteiger partial charge in [-0.05, 0) is 38.2 Å². The molecule has 0 bridgehead atoms. The summed E-state index contributed by atoms with van der Waals surface area (Å²) in [6, 6.07) is 8.29. The zero-order valence-corrected chi connectivity index (χ0v) is 14.0. The number of carbonyl (C=O) groups is 1. The number of hydrogen-bond donors (Lipinski definition) is 1. The summed E-state index contributed by atoms with van der Waals surface area (Å²) in [6.07, 6.45) is 3.42. The Morgan fingerprint density at radius 3 is 2.86 bits per heavy atom. The van der Waals surface area contributed by atoms with Crippen molar-refractivity contribution in [2.45, 2.75) is 52.6 Å². The summed E-state index contributed by atoms with van der Waals surface area (Å²) in [7, 11) is 0. The minimum atomic E-state index is 0.0332. The zero-order chi connectivity index (χ0) is 15.9. The fourth-order valence-corrected chi connectivity index (χ4v) is 2.72. The van der Waals surface area contributed by atoms with E-state index in [-0.39, 0.29) is 6.03 Å². The third kappa shape index (κ3) is 4.65. The third-order valence-electron chi connectivity index (χ3n) is 4.04. The van der Waals surface area contributed by atoms with Gasteiger partial charge in [0.1, 0.15) is 5.75 Å². The van der Waals surface area contributed by atoms with Crippen LogP contribution in [0.25, 0.3) is 0 Å². The average Bonchev–Trinajstić information content (AvgIpc) is 2.51. The smallest absolute Gasteiger partial charge is 0.317 e. The monoisotopic (exact) mass is 304 g/mol. The molecular weight excluding hydrogens is 276 g/mol. The second kappa shape index (κ2) is 8.06. The number of nitrogens with zero attached hydrogens (tertiary/aromatic N) is 1. The number of likely N-dealkylation sites (tertiary alicyclic amines) is 1. The van der Waals surface area contributed by atoms with Crippen LogP contribution in [0.2, 0.25) is 0 Å². The number of rotatable bonds is 5. The van der Waals surface area contributed by atoms with Gasteiger partial charge >= 0.3 is 6.03 Å². The van der Waals surface area contributed by atoms with Gasteiger partial charge in [-0.3, -0.25) is 0 Å². The number of benzene rings is 1. The molecule has 1 unspecified atom stereocenters. The normalized spacial score (nSPS) is 18.4. The second-order valence-corrected chi connectivity index (χ2v) is 6.51. The highest BCUT2D eigenvalue weighted by Crippen LogP contribution is 2.20. The minimum Gasteiger partial charge on any atom is -0.493 e. The lowest BCUT2D eigenvalue weighted by Gasteiger charge is -2.33. The number of piperidine rings is 1. The highest BCUT2D eigenvalue weighted by Gasteiger charge is 2.22. The Morgan fingerprint density at radius 2 is 2.14 bits per heavy atom. The van der Waals surface area contributed by atoms with Crippen molar-refractivity contribution in [1.82, 2.24) is 10.2 Å². The van der Waals surface area contributed by atoms with E-state index in [1.807, 2.05) is 29.2 Å². The Hall–Kier alpha value is -1.71. The maximum atomic E-state index is 12.3. The van der Waals surface area contributed by atoms with E-state index in [1.165, 1.54) is 6.42 Å². The summed E-state index contributed by atoms with van der Waals surface area (Å²) in [5.41, 5.74) is 1.03. The summed E-state index contributed by atoms with van der Waals surface area (Å²) in [6.45, 7) is 8.44. The van der Waals surface area contributed by atoms with Crippen molar-refractivity contribution >= 4 is 6.03 Å². The highest BCUT2D eigenvalue weighted by atomic mass is 16.5. The van der Waals surface area contributed by atoms with Crippen LogP contribution >= 0.6 is 0 Å². The van der Waals surface area contributed by atoms with Gasteiger partial charge in [0.05, 0.1) is 6.61 Å². The Balaban J connectivity index is 1.91. The van der Waals surface area contributed by atoms with Crippen LogP contribution in [-0.2, 0) is 6.54 Å². The third-order valence-corrected chi connectivity index (χ3v) is 4.04. The molecule has 1 saturated heterocycles. The molecule has 0 saturated carbocycles. The number of nitrogens with one attached hydrogen (secondary N) is 1. The maximum Gasteiger partial charge on any atom is 0.317 e. The Morgan fingerprint density at radius 1 is 1.36 bits per heavy atom. The molecule has 1 heterocycles. The Labute approximate surface area is 133 Å². The van der Waals surface area contributed by atoms with E-state index < -0.39 is 0 Å². The summed E-state index contributed by atoms with van der Waals surface area (Å²) in [5, 5.41) is 3.03. The van der Waals surface area contributed by atoms with Gasteiger partial charge in [-0.15, -0.1) is 0 Å². The first-order chi connectivity index (χ1) is 10.6. The van der Waals surface area contributed by atoms with Crippen LogP contribution in [0.1, 0.15) is 45.6 Å². The molecule has 2 rings (SSSR count). The fraction of sp³-hybridized carbons (Fsp3) is 0.611. The quantitative estimate of drug-likeness (QED) is 0.899. The molecule has 122 valence electrons. The van der Waals surface area contributed by atoms with E-state index >= 15 is 0 Å². The first-order valence-electron chi connectivity index (χ1n) is 8.33. The molecule has 0 spiro atoms. The highest BCUT2D eigenvalue weighted by molar-refractivity contribution is 5.74. The van der Waals surface area contributed by atoms with Crippen LogP contribution in [0.3, 0.4) is 0 Å².